The second kappa shape index (κ2) is 6.32. The highest BCUT2D eigenvalue weighted by Gasteiger charge is 2.20. The van der Waals surface area contributed by atoms with Crippen molar-refractivity contribution in [1.82, 2.24) is 15.5 Å². The van der Waals surface area contributed by atoms with Crippen LogP contribution in [-0.2, 0) is 11.3 Å². The first-order chi connectivity index (χ1) is 10.2. The summed E-state index contributed by atoms with van der Waals surface area (Å²) in [7, 11) is 0. The lowest BCUT2D eigenvalue weighted by Crippen LogP contribution is -2.52. The van der Waals surface area contributed by atoms with E-state index in [1.54, 1.807) is 0 Å². The van der Waals surface area contributed by atoms with Crippen LogP contribution in [0.3, 0.4) is 0 Å². The van der Waals surface area contributed by atoms with Crippen LogP contribution in [0.1, 0.15) is 12.5 Å². The Morgan fingerprint density at radius 1 is 1.43 bits per heavy atom. The summed E-state index contributed by atoms with van der Waals surface area (Å²) in [6.07, 6.45) is 0. The molecule has 1 fully saturated rings. The number of rotatable bonds is 4. The second-order valence-electron chi connectivity index (χ2n) is 5.49. The van der Waals surface area contributed by atoms with Crippen molar-refractivity contribution in [2.45, 2.75) is 19.5 Å². The van der Waals surface area contributed by atoms with Gasteiger partial charge in [0.15, 0.2) is 11.5 Å². The van der Waals surface area contributed by atoms with Crippen molar-refractivity contribution in [3.05, 3.63) is 23.8 Å². The zero-order valence-electron chi connectivity index (χ0n) is 12.2. The van der Waals surface area contributed by atoms with Crippen LogP contribution in [0.25, 0.3) is 0 Å². The summed E-state index contributed by atoms with van der Waals surface area (Å²) in [5.41, 5.74) is 1.01. The molecule has 0 unspecified atom stereocenters. The Morgan fingerprint density at radius 2 is 2.29 bits per heavy atom. The molecule has 0 radical (unpaired) electrons. The largest absolute Gasteiger partial charge is 0.454 e. The smallest absolute Gasteiger partial charge is 0.234 e. The van der Waals surface area contributed by atoms with Crippen molar-refractivity contribution in [2.24, 2.45) is 0 Å². The minimum atomic E-state index is 0.0569. The second-order valence-corrected chi connectivity index (χ2v) is 5.49. The van der Waals surface area contributed by atoms with Gasteiger partial charge in [-0.15, -0.1) is 0 Å². The number of carbonyl (C=O) groups excluding carboxylic acids is 1. The Hall–Kier alpha value is -1.79. The molecule has 6 heteroatoms. The number of piperazine rings is 1. The summed E-state index contributed by atoms with van der Waals surface area (Å²) in [4.78, 5) is 14.2. The first kappa shape index (κ1) is 14.2. The van der Waals surface area contributed by atoms with E-state index in [0.29, 0.717) is 19.1 Å². The van der Waals surface area contributed by atoms with E-state index in [0.717, 1.165) is 36.7 Å². The maximum atomic E-state index is 12.0. The average molecular weight is 291 g/mol. The molecule has 0 spiro atoms. The molecule has 114 valence electrons. The lowest BCUT2D eigenvalue weighted by Gasteiger charge is -2.33. The third-order valence-electron chi connectivity index (χ3n) is 3.91. The van der Waals surface area contributed by atoms with Gasteiger partial charge in [0.1, 0.15) is 0 Å². The highest BCUT2D eigenvalue weighted by atomic mass is 16.7. The Balaban J connectivity index is 1.49. The molecular weight excluding hydrogens is 270 g/mol. The molecule has 6 nitrogen and oxygen atoms in total. The first-order valence-corrected chi connectivity index (χ1v) is 7.32. The third kappa shape index (κ3) is 3.46. The fourth-order valence-corrected chi connectivity index (χ4v) is 2.61. The molecule has 2 aliphatic rings. The Bertz CT molecular complexity index is 521. The van der Waals surface area contributed by atoms with Crippen molar-refractivity contribution in [3.63, 3.8) is 0 Å². The van der Waals surface area contributed by atoms with Crippen molar-refractivity contribution in [3.8, 4) is 11.5 Å². The Labute approximate surface area is 124 Å². The highest BCUT2D eigenvalue weighted by molar-refractivity contribution is 5.78. The van der Waals surface area contributed by atoms with Crippen LogP contribution < -0.4 is 20.1 Å². The van der Waals surface area contributed by atoms with Crippen LogP contribution in [0.5, 0.6) is 11.5 Å². The average Bonchev–Trinajstić information content (AvgIpc) is 2.95. The number of benzene rings is 1. The predicted octanol–water partition coefficient (Wildman–Crippen LogP) is 0.325. The maximum Gasteiger partial charge on any atom is 0.234 e. The lowest BCUT2D eigenvalue weighted by molar-refractivity contribution is -0.123. The van der Waals surface area contributed by atoms with Gasteiger partial charge in [0, 0.05) is 32.2 Å². The number of fused-ring (bicyclic) bond motifs is 1. The molecule has 2 aliphatic heterocycles. The number of hydrogen-bond donors (Lipinski definition) is 2. The fraction of sp³-hybridized carbons (Fsp3) is 0.533. The Morgan fingerprint density at radius 3 is 3.14 bits per heavy atom. The molecule has 1 atom stereocenters. The molecule has 21 heavy (non-hydrogen) atoms. The molecule has 2 heterocycles. The summed E-state index contributed by atoms with van der Waals surface area (Å²) in [5, 5.41) is 6.28. The van der Waals surface area contributed by atoms with Gasteiger partial charge in [0.2, 0.25) is 12.7 Å². The summed E-state index contributed by atoms with van der Waals surface area (Å²) < 4.78 is 10.6. The minimum Gasteiger partial charge on any atom is -0.454 e. The van der Waals surface area contributed by atoms with E-state index >= 15 is 0 Å². The summed E-state index contributed by atoms with van der Waals surface area (Å²) >= 11 is 0. The van der Waals surface area contributed by atoms with Crippen LogP contribution in [-0.4, -0.2) is 49.8 Å². The van der Waals surface area contributed by atoms with Gasteiger partial charge in [0.05, 0.1) is 6.54 Å². The van der Waals surface area contributed by atoms with Gasteiger partial charge in [-0.1, -0.05) is 6.07 Å². The van der Waals surface area contributed by atoms with Gasteiger partial charge >= 0.3 is 0 Å². The highest BCUT2D eigenvalue weighted by Crippen LogP contribution is 2.32. The van der Waals surface area contributed by atoms with Gasteiger partial charge in [-0.25, -0.2) is 0 Å². The van der Waals surface area contributed by atoms with Crippen molar-refractivity contribution in [1.29, 1.82) is 0 Å². The summed E-state index contributed by atoms with van der Waals surface area (Å²) in [6.45, 7) is 6.17. The van der Waals surface area contributed by atoms with Crippen molar-refractivity contribution < 1.29 is 14.3 Å². The number of nitrogens with zero attached hydrogens (tertiary/aromatic N) is 1. The molecule has 0 bridgehead atoms. The minimum absolute atomic E-state index is 0.0569. The molecule has 3 rings (SSSR count). The molecule has 0 aromatic heterocycles. The molecule has 1 amide bonds. The molecule has 0 saturated carbocycles. The van der Waals surface area contributed by atoms with Gasteiger partial charge in [-0.2, -0.15) is 0 Å². The van der Waals surface area contributed by atoms with Gasteiger partial charge in [0.25, 0.3) is 0 Å². The zero-order chi connectivity index (χ0) is 14.7. The van der Waals surface area contributed by atoms with Crippen LogP contribution in [0.4, 0.5) is 0 Å². The normalized spacial score (nSPS) is 21.3. The van der Waals surface area contributed by atoms with Crippen LogP contribution in [0.2, 0.25) is 0 Å². The molecular formula is C15H21N3O3. The third-order valence-corrected chi connectivity index (χ3v) is 3.91. The van der Waals surface area contributed by atoms with E-state index in [1.165, 1.54) is 0 Å². The topological polar surface area (TPSA) is 62.8 Å². The monoisotopic (exact) mass is 291 g/mol. The molecule has 1 aromatic rings. The Kier molecular flexibility index (Phi) is 4.26. The standard InChI is InChI=1S/C15H21N3O3/c1-11-7-16-4-5-18(11)9-15(19)17-8-12-2-3-13-14(6-12)21-10-20-13/h2-3,6,11,16H,4-5,7-10H2,1H3,(H,17,19)/t11-/m1/s1. The van der Waals surface area contributed by atoms with Crippen LogP contribution in [0.15, 0.2) is 18.2 Å². The van der Waals surface area contributed by atoms with E-state index in [1.807, 2.05) is 18.2 Å². The van der Waals surface area contributed by atoms with E-state index in [-0.39, 0.29) is 12.7 Å². The summed E-state index contributed by atoms with van der Waals surface area (Å²) in [6, 6.07) is 6.13. The quantitative estimate of drug-likeness (QED) is 0.837. The fourth-order valence-electron chi connectivity index (χ4n) is 2.61. The van der Waals surface area contributed by atoms with E-state index in [2.05, 4.69) is 22.5 Å². The predicted molar refractivity (Wildman–Crippen MR) is 78.3 cm³/mol. The van der Waals surface area contributed by atoms with Crippen LogP contribution >= 0.6 is 0 Å². The van der Waals surface area contributed by atoms with Crippen molar-refractivity contribution >= 4 is 5.91 Å². The van der Waals surface area contributed by atoms with Gasteiger partial charge < -0.3 is 20.1 Å². The van der Waals surface area contributed by atoms with E-state index < -0.39 is 0 Å². The van der Waals surface area contributed by atoms with Gasteiger partial charge in [-0.3, -0.25) is 9.69 Å². The summed E-state index contributed by atoms with van der Waals surface area (Å²) in [5.74, 6) is 1.57. The maximum absolute atomic E-state index is 12.0. The number of hydrogen-bond acceptors (Lipinski definition) is 5. The first-order valence-electron chi connectivity index (χ1n) is 7.32. The van der Waals surface area contributed by atoms with E-state index in [4.69, 9.17) is 9.47 Å². The van der Waals surface area contributed by atoms with Crippen molar-refractivity contribution in [2.75, 3.05) is 33.0 Å². The van der Waals surface area contributed by atoms with E-state index in [9.17, 15) is 4.79 Å². The molecule has 1 saturated heterocycles. The zero-order valence-corrected chi connectivity index (χ0v) is 12.2. The number of ether oxygens (including phenoxy) is 2. The van der Waals surface area contributed by atoms with Crippen LogP contribution in [0, 0.1) is 0 Å². The van der Waals surface area contributed by atoms with Gasteiger partial charge in [-0.05, 0) is 24.6 Å². The molecule has 2 N–H and O–H groups in total. The lowest BCUT2D eigenvalue weighted by atomic mass is 10.2. The number of amides is 1. The number of nitrogens with one attached hydrogen (secondary N) is 2. The molecule has 1 aromatic carbocycles. The molecule has 0 aliphatic carbocycles. The number of carbonyl (C=O) groups is 1. The SMILES string of the molecule is C[C@@H]1CNCCN1CC(=O)NCc1ccc2c(c1)OCO2.